The molecule has 1 aliphatic rings. The molecule has 18 heavy (non-hydrogen) atoms. The maximum absolute atomic E-state index is 11.6. The van der Waals surface area contributed by atoms with Crippen molar-refractivity contribution in [3.05, 3.63) is 0 Å². The summed E-state index contributed by atoms with van der Waals surface area (Å²) in [5.41, 5.74) is 0. The van der Waals surface area contributed by atoms with Crippen LogP contribution in [0.3, 0.4) is 0 Å². The lowest BCUT2D eigenvalue weighted by atomic mass is 9.93. The zero-order valence-corrected chi connectivity index (χ0v) is 12.7. The second-order valence-electron chi connectivity index (χ2n) is 5.27. The van der Waals surface area contributed by atoms with Crippen LogP contribution < -0.4 is 10.6 Å². The summed E-state index contributed by atoms with van der Waals surface area (Å²) in [6.45, 7) is 8.68. The maximum Gasteiger partial charge on any atom is 0.314 e. The van der Waals surface area contributed by atoms with Crippen molar-refractivity contribution in [1.82, 2.24) is 10.6 Å². The van der Waals surface area contributed by atoms with Gasteiger partial charge in [-0.05, 0) is 18.6 Å². The third-order valence-electron chi connectivity index (χ3n) is 3.40. The molecule has 1 unspecified atom stereocenters. The SMILES string of the molecule is CSC(C)CNC(=O)NC[C@H]1CCO[C@@H]1C(C)C. The zero-order valence-electron chi connectivity index (χ0n) is 11.9. The summed E-state index contributed by atoms with van der Waals surface area (Å²) in [7, 11) is 0. The quantitative estimate of drug-likeness (QED) is 0.780. The Labute approximate surface area is 115 Å². The molecule has 0 bridgehead atoms. The number of rotatable bonds is 6. The Morgan fingerprint density at radius 1 is 1.39 bits per heavy atom. The van der Waals surface area contributed by atoms with E-state index in [4.69, 9.17) is 4.74 Å². The first-order valence-electron chi connectivity index (χ1n) is 6.70. The first kappa shape index (κ1) is 15.6. The Morgan fingerprint density at radius 2 is 2.11 bits per heavy atom. The summed E-state index contributed by atoms with van der Waals surface area (Å²) in [6.07, 6.45) is 3.38. The number of amides is 2. The summed E-state index contributed by atoms with van der Waals surface area (Å²) in [6, 6.07) is -0.0645. The minimum atomic E-state index is -0.0645. The van der Waals surface area contributed by atoms with Crippen LogP contribution in [0.15, 0.2) is 0 Å². The summed E-state index contributed by atoms with van der Waals surface area (Å²) in [5, 5.41) is 6.29. The lowest BCUT2D eigenvalue weighted by Crippen LogP contribution is -2.42. The third-order valence-corrected chi connectivity index (χ3v) is 4.37. The highest BCUT2D eigenvalue weighted by Gasteiger charge is 2.30. The van der Waals surface area contributed by atoms with Crippen molar-refractivity contribution < 1.29 is 9.53 Å². The molecule has 0 aromatic carbocycles. The molecule has 1 heterocycles. The largest absolute Gasteiger partial charge is 0.378 e. The zero-order chi connectivity index (χ0) is 13.5. The van der Waals surface area contributed by atoms with Crippen molar-refractivity contribution >= 4 is 17.8 Å². The molecule has 1 fully saturated rings. The number of carbonyl (C=O) groups excluding carboxylic acids is 1. The Morgan fingerprint density at radius 3 is 2.72 bits per heavy atom. The number of hydrogen-bond donors (Lipinski definition) is 2. The summed E-state index contributed by atoms with van der Waals surface area (Å²) in [4.78, 5) is 11.6. The smallest absolute Gasteiger partial charge is 0.314 e. The highest BCUT2D eigenvalue weighted by Crippen LogP contribution is 2.25. The van der Waals surface area contributed by atoms with Crippen molar-refractivity contribution in [3.8, 4) is 0 Å². The van der Waals surface area contributed by atoms with Crippen LogP contribution in [0.4, 0.5) is 4.79 Å². The van der Waals surface area contributed by atoms with Gasteiger partial charge in [-0.3, -0.25) is 0 Å². The fourth-order valence-electron chi connectivity index (χ4n) is 2.22. The molecule has 0 radical (unpaired) electrons. The van der Waals surface area contributed by atoms with E-state index in [0.717, 1.165) is 13.0 Å². The van der Waals surface area contributed by atoms with E-state index < -0.39 is 0 Å². The van der Waals surface area contributed by atoms with E-state index in [1.165, 1.54) is 0 Å². The molecule has 5 heteroatoms. The van der Waals surface area contributed by atoms with Gasteiger partial charge < -0.3 is 15.4 Å². The Balaban J connectivity index is 2.21. The molecule has 0 saturated carbocycles. The first-order chi connectivity index (χ1) is 8.54. The average Bonchev–Trinajstić information content (AvgIpc) is 2.81. The number of nitrogens with one attached hydrogen (secondary N) is 2. The van der Waals surface area contributed by atoms with Crippen LogP contribution in [-0.2, 0) is 4.74 Å². The monoisotopic (exact) mass is 274 g/mol. The van der Waals surface area contributed by atoms with Gasteiger partial charge in [0, 0.05) is 30.9 Å². The van der Waals surface area contributed by atoms with Crippen LogP contribution in [0.5, 0.6) is 0 Å². The molecule has 4 nitrogen and oxygen atoms in total. The van der Waals surface area contributed by atoms with E-state index in [9.17, 15) is 4.79 Å². The van der Waals surface area contributed by atoms with Gasteiger partial charge in [-0.1, -0.05) is 20.8 Å². The van der Waals surface area contributed by atoms with Crippen LogP contribution in [0, 0.1) is 11.8 Å². The molecule has 1 aliphatic heterocycles. The van der Waals surface area contributed by atoms with E-state index in [2.05, 4.69) is 31.4 Å². The van der Waals surface area contributed by atoms with Gasteiger partial charge in [0.15, 0.2) is 0 Å². The van der Waals surface area contributed by atoms with E-state index in [1.54, 1.807) is 11.8 Å². The van der Waals surface area contributed by atoms with Crippen molar-refractivity contribution in [3.63, 3.8) is 0 Å². The molecule has 3 atom stereocenters. The lowest BCUT2D eigenvalue weighted by molar-refractivity contribution is 0.0545. The van der Waals surface area contributed by atoms with E-state index >= 15 is 0 Å². The van der Waals surface area contributed by atoms with Crippen molar-refractivity contribution in [1.29, 1.82) is 0 Å². The second kappa shape index (κ2) is 7.89. The van der Waals surface area contributed by atoms with Crippen LogP contribution in [-0.4, -0.2) is 43.3 Å². The van der Waals surface area contributed by atoms with E-state index in [-0.39, 0.29) is 12.1 Å². The van der Waals surface area contributed by atoms with Gasteiger partial charge in [0.25, 0.3) is 0 Å². The molecule has 0 aromatic rings. The molecule has 1 rings (SSSR count). The normalized spacial score (nSPS) is 25.2. The van der Waals surface area contributed by atoms with Gasteiger partial charge in [0.1, 0.15) is 0 Å². The molecule has 2 N–H and O–H groups in total. The summed E-state index contributed by atoms with van der Waals surface area (Å²) in [5.74, 6) is 0.965. The van der Waals surface area contributed by atoms with Crippen LogP contribution in [0.25, 0.3) is 0 Å². The van der Waals surface area contributed by atoms with E-state index in [1.807, 2.05) is 6.26 Å². The topological polar surface area (TPSA) is 50.4 Å². The predicted molar refractivity (Wildman–Crippen MR) is 77.1 cm³/mol. The van der Waals surface area contributed by atoms with Gasteiger partial charge in [0.05, 0.1) is 6.10 Å². The Hall–Kier alpha value is -0.420. The highest BCUT2D eigenvalue weighted by molar-refractivity contribution is 7.99. The Kier molecular flexibility index (Phi) is 6.86. The van der Waals surface area contributed by atoms with Gasteiger partial charge in [-0.25, -0.2) is 4.79 Å². The minimum Gasteiger partial charge on any atom is -0.378 e. The first-order valence-corrected chi connectivity index (χ1v) is 7.99. The summed E-state index contributed by atoms with van der Waals surface area (Å²) < 4.78 is 5.70. The molecule has 0 aliphatic carbocycles. The molecule has 0 spiro atoms. The van der Waals surface area contributed by atoms with Crippen LogP contribution in [0.1, 0.15) is 27.2 Å². The summed E-state index contributed by atoms with van der Waals surface area (Å²) >= 11 is 1.75. The van der Waals surface area contributed by atoms with Gasteiger partial charge in [-0.2, -0.15) is 11.8 Å². The number of ether oxygens (including phenoxy) is 1. The standard InChI is InChI=1S/C13H26N2O2S/c1-9(2)12-11(5-6-17-12)8-15-13(16)14-7-10(3)18-4/h9-12H,5-8H2,1-4H3,(H2,14,15,16)/t10?,11-,12-/m1/s1. The van der Waals surface area contributed by atoms with Crippen molar-refractivity contribution in [2.45, 2.75) is 38.5 Å². The maximum atomic E-state index is 11.6. The molecular formula is C13H26N2O2S. The molecule has 2 amide bonds. The van der Waals surface area contributed by atoms with Crippen molar-refractivity contribution in [2.24, 2.45) is 11.8 Å². The predicted octanol–water partition coefficient (Wildman–Crippen LogP) is 2.10. The average molecular weight is 274 g/mol. The van der Waals surface area contributed by atoms with Crippen LogP contribution >= 0.6 is 11.8 Å². The fourth-order valence-corrected chi connectivity index (χ4v) is 2.47. The molecule has 106 valence electrons. The van der Waals surface area contributed by atoms with Gasteiger partial charge >= 0.3 is 6.03 Å². The minimum absolute atomic E-state index is 0.0645. The van der Waals surface area contributed by atoms with Crippen molar-refractivity contribution in [2.75, 3.05) is 26.0 Å². The second-order valence-corrected chi connectivity index (χ2v) is 6.54. The number of thioether (sulfide) groups is 1. The highest BCUT2D eigenvalue weighted by atomic mass is 32.2. The van der Waals surface area contributed by atoms with Gasteiger partial charge in [0.2, 0.25) is 0 Å². The van der Waals surface area contributed by atoms with Crippen LogP contribution in [0.2, 0.25) is 0 Å². The molecule has 0 aromatic heterocycles. The number of urea groups is 1. The Bertz CT molecular complexity index is 261. The third kappa shape index (κ3) is 5.06. The van der Waals surface area contributed by atoms with E-state index in [0.29, 0.717) is 30.2 Å². The lowest BCUT2D eigenvalue weighted by Gasteiger charge is -2.22. The van der Waals surface area contributed by atoms with Gasteiger partial charge in [-0.15, -0.1) is 0 Å². The number of hydrogen-bond acceptors (Lipinski definition) is 3. The molecule has 1 saturated heterocycles. The number of carbonyl (C=O) groups is 1. The fraction of sp³-hybridized carbons (Fsp3) is 0.923. The molecular weight excluding hydrogens is 248 g/mol.